The van der Waals surface area contributed by atoms with E-state index in [1.807, 2.05) is 29.2 Å². The van der Waals surface area contributed by atoms with E-state index in [1.165, 1.54) is 11.3 Å². The molecule has 0 bridgehead atoms. The van der Waals surface area contributed by atoms with E-state index in [1.54, 1.807) is 6.33 Å². The van der Waals surface area contributed by atoms with Crippen LogP contribution in [0.2, 0.25) is 5.02 Å². The molecule has 3 heterocycles. The Morgan fingerprint density at radius 2 is 1.93 bits per heavy atom. The molecule has 158 valence electrons. The molecule has 2 saturated heterocycles. The van der Waals surface area contributed by atoms with E-state index in [4.69, 9.17) is 11.6 Å². The number of anilines is 1. The van der Waals surface area contributed by atoms with Crippen molar-refractivity contribution in [1.29, 1.82) is 0 Å². The first kappa shape index (κ1) is 19.8. The number of nitrogens with zero attached hydrogens (tertiary/aromatic N) is 4. The summed E-state index contributed by atoms with van der Waals surface area (Å²) in [6, 6.07) is 7.79. The third kappa shape index (κ3) is 3.26. The molecule has 1 aliphatic carbocycles. The average Bonchev–Trinajstić information content (AvgIpc) is 3.42. The summed E-state index contributed by atoms with van der Waals surface area (Å²) in [7, 11) is 0. The molecule has 2 fully saturated rings. The van der Waals surface area contributed by atoms with E-state index in [2.05, 4.69) is 27.1 Å². The highest BCUT2D eigenvalue weighted by atomic mass is 35.5. The van der Waals surface area contributed by atoms with Crippen LogP contribution in [0.1, 0.15) is 42.5 Å². The van der Waals surface area contributed by atoms with Crippen LogP contribution in [0, 0.1) is 0 Å². The fourth-order valence-electron chi connectivity index (χ4n) is 5.31. The molecular weight excluding hydrogens is 398 g/mol. The molecule has 7 heteroatoms. The second-order valence-electron chi connectivity index (χ2n) is 8.79. The van der Waals surface area contributed by atoms with Gasteiger partial charge in [0, 0.05) is 49.0 Å². The van der Waals surface area contributed by atoms with Crippen molar-refractivity contribution in [3.05, 3.63) is 52.4 Å². The fourth-order valence-corrected chi connectivity index (χ4v) is 5.44. The minimum atomic E-state index is -0.489. The van der Waals surface area contributed by atoms with Crippen molar-refractivity contribution in [3.63, 3.8) is 0 Å². The van der Waals surface area contributed by atoms with Crippen LogP contribution in [0.5, 0.6) is 0 Å². The largest absolute Gasteiger partial charge is 0.353 e. The van der Waals surface area contributed by atoms with E-state index < -0.39 is 5.41 Å². The van der Waals surface area contributed by atoms with Crippen molar-refractivity contribution >= 4 is 23.3 Å². The number of nitrogens with one attached hydrogen (secondary N) is 1. The number of hydrogen-bond donors (Lipinski definition) is 1. The predicted octanol–water partition coefficient (Wildman–Crippen LogP) is 2.76. The maximum atomic E-state index is 13.7. The standard InChI is InChI=1S/C23H28ClN5O/c1-16-2-7-19-20(16)21(27-15-26-19)28-10-12-29(13-11-28)22(30)23(8-9-25-14-23)17-3-5-18(24)6-4-17/h3-6,15-16,25H,2,7-14H2,1H3/t16-,23+/m1/s1. The first-order valence-corrected chi connectivity index (χ1v) is 11.3. The smallest absolute Gasteiger partial charge is 0.234 e. The number of amides is 1. The molecule has 5 rings (SSSR count). The SMILES string of the molecule is C[C@@H]1CCc2ncnc(N3CCN(C(=O)[C@@]4(c5ccc(Cl)cc5)CCNC4)CC3)c21. The third-order valence-corrected chi connectivity index (χ3v) is 7.33. The van der Waals surface area contributed by atoms with Crippen LogP contribution in [-0.4, -0.2) is 60.0 Å². The molecule has 1 N–H and O–H groups in total. The lowest BCUT2D eigenvalue weighted by atomic mass is 9.78. The Bertz CT molecular complexity index is 933. The summed E-state index contributed by atoms with van der Waals surface area (Å²) in [5, 5.41) is 4.11. The number of aromatic nitrogens is 2. The highest BCUT2D eigenvalue weighted by Gasteiger charge is 2.45. The van der Waals surface area contributed by atoms with Gasteiger partial charge in [-0.2, -0.15) is 0 Å². The molecular formula is C23H28ClN5O. The van der Waals surface area contributed by atoms with E-state index >= 15 is 0 Å². The highest BCUT2D eigenvalue weighted by molar-refractivity contribution is 6.30. The molecule has 1 amide bonds. The summed E-state index contributed by atoms with van der Waals surface area (Å²) in [6.07, 6.45) is 4.71. The number of fused-ring (bicyclic) bond motifs is 1. The normalized spacial score (nSPS) is 26.1. The molecule has 0 saturated carbocycles. The van der Waals surface area contributed by atoms with Crippen LogP contribution in [-0.2, 0) is 16.6 Å². The van der Waals surface area contributed by atoms with Gasteiger partial charge in [0.25, 0.3) is 0 Å². The molecule has 0 unspecified atom stereocenters. The Balaban J connectivity index is 1.34. The summed E-state index contributed by atoms with van der Waals surface area (Å²) in [5.41, 5.74) is 3.09. The fraction of sp³-hybridized carbons (Fsp3) is 0.522. The van der Waals surface area contributed by atoms with Crippen LogP contribution in [0.25, 0.3) is 0 Å². The van der Waals surface area contributed by atoms with Crippen LogP contribution in [0.15, 0.2) is 30.6 Å². The van der Waals surface area contributed by atoms with Crippen LogP contribution < -0.4 is 10.2 Å². The van der Waals surface area contributed by atoms with Gasteiger partial charge in [-0.1, -0.05) is 30.7 Å². The number of carbonyl (C=O) groups excluding carboxylic acids is 1. The number of aryl methyl sites for hydroxylation is 1. The average molecular weight is 426 g/mol. The molecule has 1 aromatic carbocycles. The van der Waals surface area contributed by atoms with Crippen LogP contribution in [0.3, 0.4) is 0 Å². The predicted molar refractivity (Wildman–Crippen MR) is 118 cm³/mol. The number of piperazine rings is 1. The summed E-state index contributed by atoms with van der Waals surface area (Å²) >= 11 is 6.09. The van der Waals surface area contributed by atoms with Crippen molar-refractivity contribution in [2.75, 3.05) is 44.2 Å². The van der Waals surface area contributed by atoms with Crippen molar-refractivity contribution in [2.24, 2.45) is 0 Å². The molecule has 2 atom stereocenters. The zero-order chi connectivity index (χ0) is 20.7. The van der Waals surface area contributed by atoms with Crippen molar-refractivity contribution in [3.8, 4) is 0 Å². The first-order chi connectivity index (χ1) is 14.6. The zero-order valence-electron chi connectivity index (χ0n) is 17.4. The van der Waals surface area contributed by atoms with Gasteiger partial charge >= 0.3 is 0 Å². The molecule has 2 aliphatic heterocycles. The second-order valence-corrected chi connectivity index (χ2v) is 9.23. The highest BCUT2D eigenvalue weighted by Crippen LogP contribution is 2.38. The number of carbonyl (C=O) groups is 1. The Morgan fingerprint density at radius 1 is 1.17 bits per heavy atom. The first-order valence-electron chi connectivity index (χ1n) is 10.9. The minimum absolute atomic E-state index is 0.232. The summed E-state index contributed by atoms with van der Waals surface area (Å²) in [4.78, 5) is 27.2. The Kier molecular flexibility index (Phi) is 5.15. The van der Waals surface area contributed by atoms with Gasteiger partial charge < -0.3 is 15.1 Å². The summed E-state index contributed by atoms with van der Waals surface area (Å²) in [6.45, 7) is 6.88. The Morgan fingerprint density at radius 3 is 2.63 bits per heavy atom. The van der Waals surface area contributed by atoms with Gasteiger partial charge in [-0.3, -0.25) is 4.79 Å². The van der Waals surface area contributed by atoms with Crippen molar-refractivity contribution in [2.45, 2.75) is 37.5 Å². The lowest BCUT2D eigenvalue weighted by Crippen LogP contribution is -2.55. The number of rotatable bonds is 3. The molecule has 0 radical (unpaired) electrons. The van der Waals surface area contributed by atoms with Crippen molar-refractivity contribution in [1.82, 2.24) is 20.2 Å². The molecule has 3 aliphatic rings. The van der Waals surface area contributed by atoms with Gasteiger partial charge in [0.2, 0.25) is 5.91 Å². The zero-order valence-corrected chi connectivity index (χ0v) is 18.2. The molecule has 1 aromatic heterocycles. The number of halogens is 1. The maximum Gasteiger partial charge on any atom is 0.234 e. The topological polar surface area (TPSA) is 61.4 Å². The van der Waals surface area contributed by atoms with E-state index in [0.29, 0.717) is 17.5 Å². The molecule has 6 nitrogen and oxygen atoms in total. The lowest BCUT2D eigenvalue weighted by molar-refractivity contribution is -0.137. The van der Waals surface area contributed by atoms with Gasteiger partial charge in [-0.25, -0.2) is 9.97 Å². The lowest BCUT2D eigenvalue weighted by Gasteiger charge is -2.40. The van der Waals surface area contributed by atoms with Gasteiger partial charge in [-0.15, -0.1) is 0 Å². The van der Waals surface area contributed by atoms with Gasteiger partial charge in [-0.05, 0) is 49.4 Å². The van der Waals surface area contributed by atoms with Crippen molar-refractivity contribution < 1.29 is 4.79 Å². The number of hydrogen-bond acceptors (Lipinski definition) is 5. The van der Waals surface area contributed by atoms with E-state index in [9.17, 15) is 4.79 Å². The third-order valence-electron chi connectivity index (χ3n) is 7.08. The van der Waals surface area contributed by atoms with Gasteiger partial charge in [0.1, 0.15) is 12.1 Å². The van der Waals surface area contributed by atoms with E-state index in [-0.39, 0.29) is 5.91 Å². The second kappa shape index (κ2) is 7.82. The van der Waals surface area contributed by atoms with Crippen LogP contribution >= 0.6 is 11.6 Å². The van der Waals surface area contributed by atoms with Gasteiger partial charge in [0.05, 0.1) is 5.41 Å². The minimum Gasteiger partial charge on any atom is -0.353 e. The number of benzene rings is 1. The monoisotopic (exact) mass is 425 g/mol. The Labute approximate surface area is 182 Å². The summed E-state index contributed by atoms with van der Waals surface area (Å²) < 4.78 is 0. The van der Waals surface area contributed by atoms with Gasteiger partial charge in [0.15, 0.2) is 0 Å². The van der Waals surface area contributed by atoms with E-state index in [0.717, 1.165) is 63.4 Å². The summed E-state index contributed by atoms with van der Waals surface area (Å²) in [5.74, 6) is 1.82. The molecule has 0 spiro atoms. The molecule has 2 aromatic rings. The Hall–Kier alpha value is -2.18. The van der Waals surface area contributed by atoms with Crippen LogP contribution in [0.4, 0.5) is 5.82 Å². The quantitative estimate of drug-likeness (QED) is 0.819. The molecule has 30 heavy (non-hydrogen) atoms. The maximum absolute atomic E-state index is 13.7.